The van der Waals surface area contributed by atoms with Crippen molar-refractivity contribution < 1.29 is 4.74 Å². The van der Waals surface area contributed by atoms with Crippen LogP contribution in [0.15, 0.2) is 47.2 Å². The zero-order valence-corrected chi connectivity index (χ0v) is 14.1. The lowest BCUT2D eigenvalue weighted by atomic mass is 9.99. The molecular weight excluding hydrogens is 328 g/mol. The second-order valence-corrected chi connectivity index (χ2v) is 5.89. The molecule has 4 heteroatoms. The maximum absolute atomic E-state index is 5.47. The molecule has 0 aliphatic carbocycles. The first-order valence-corrected chi connectivity index (χ1v) is 7.97. The Hall–Kier alpha value is -1.39. The standard InChI is InChI=1S/C17H21BrN2O/c1-3-20-16(10-13-6-8-19-9-7-13)12-14-11-15(18)4-5-17(14)21-2/h4-9,11,16,20H,3,10,12H2,1-2H3. The number of pyridine rings is 1. The van der Waals surface area contributed by atoms with Crippen molar-refractivity contribution in [1.82, 2.24) is 10.3 Å². The molecule has 0 spiro atoms. The monoisotopic (exact) mass is 348 g/mol. The molecular formula is C17H21BrN2O. The molecule has 0 radical (unpaired) electrons. The second kappa shape index (κ2) is 8.15. The molecule has 21 heavy (non-hydrogen) atoms. The average molecular weight is 349 g/mol. The fourth-order valence-electron chi connectivity index (χ4n) is 2.48. The highest BCUT2D eigenvalue weighted by molar-refractivity contribution is 9.10. The fourth-order valence-corrected chi connectivity index (χ4v) is 2.89. The van der Waals surface area contributed by atoms with Gasteiger partial charge < -0.3 is 10.1 Å². The Kier molecular flexibility index (Phi) is 6.21. The molecule has 0 aliphatic rings. The van der Waals surface area contributed by atoms with Crippen molar-refractivity contribution in [2.45, 2.75) is 25.8 Å². The summed E-state index contributed by atoms with van der Waals surface area (Å²) in [4.78, 5) is 4.08. The van der Waals surface area contributed by atoms with Gasteiger partial charge in [-0.25, -0.2) is 0 Å². The highest BCUT2D eigenvalue weighted by Crippen LogP contribution is 2.24. The van der Waals surface area contributed by atoms with E-state index in [0.29, 0.717) is 6.04 Å². The molecule has 3 nitrogen and oxygen atoms in total. The van der Waals surface area contributed by atoms with E-state index >= 15 is 0 Å². The van der Waals surface area contributed by atoms with E-state index in [2.05, 4.69) is 51.4 Å². The van der Waals surface area contributed by atoms with Gasteiger partial charge in [0.05, 0.1) is 7.11 Å². The summed E-state index contributed by atoms with van der Waals surface area (Å²) in [5.74, 6) is 0.941. The summed E-state index contributed by atoms with van der Waals surface area (Å²) in [6.07, 6.45) is 5.60. The van der Waals surface area contributed by atoms with Crippen molar-refractivity contribution >= 4 is 15.9 Å². The van der Waals surface area contributed by atoms with E-state index in [9.17, 15) is 0 Å². The first kappa shape index (κ1) is 16.0. The Balaban J connectivity index is 2.14. The van der Waals surface area contributed by atoms with Crippen molar-refractivity contribution in [2.24, 2.45) is 0 Å². The van der Waals surface area contributed by atoms with E-state index in [-0.39, 0.29) is 0 Å². The minimum absolute atomic E-state index is 0.376. The molecule has 0 saturated carbocycles. The van der Waals surface area contributed by atoms with E-state index < -0.39 is 0 Å². The average Bonchev–Trinajstić information content (AvgIpc) is 2.49. The number of halogens is 1. The van der Waals surface area contributed by atoms with Gasteiger partial charge in [0.25, 0.3) is 0 Å². The van der Waals surface area contributed by atoms with Gasteiger partial charge in [-0.15, -0.1) is 0 Å². The molecule has 1 heterocycles. The molecule has 1 aromatic heterocycles. The molecule has 0 bridgehead atoms. The zero-order valence-electron chi connectivity index (χ0n) is 12.5. The first-order valence-electron chi connectivity index (χ1n) is 7.17. The van der Waals surface area contributed by atoms with Crippen LogP contribution in [0.5, 0.6) is 5.75 Å². The molecule has 1 atom stereocenters. The number of likely N-dealkylation sites (N-methyl/N-ethyl adjacent to an activating group) is 1. The molecule has 0 saturated heterocycles. The van der Waals surface area contributed by atoms with Crippen LogP contribution in [0.2, 0.25) is 0 Å². The topological polar surface area (TPSA) is 34.2 Å². The predicted octanol–water partition coefficient (Wildman–Crippen LogP) is 3.62. The molecule has 2 rings (SSSR count). The third kappa shape index (κ3) is 4.83. The van der Waals surface area contributed by atoms with Gasteiger partial charge >= 0.3 is 0 Å². The van der Waals surface area contributed by atoms with Crippen LogP contribution >= 0.6 is 15.9 Å². The zero-order chi connectivity index (χ0) is 15.1. The SMILES string of the molecule is CCNC(Cc1ccncc1)Cc1cc(Br)ccc1OC. The fraction of sp³-hybridized carbons (Fsp3) is 0.353. The highest BCUT2D eigenvalue weighted by Gasteiger charge is 2.13. The highest BCUT2D eigenvalue weighted by atomic mass is 79.9. The number of rotatable bonds is 7. The molecule has 112 valence electrons. The lowest BCUT2D eigenvalue weighted by Crippen LogP contribution is -2.33. The largest absolute Gasteiger partial charge is 0.496 e. The summed E-state index contributed by atoms with van der Waals surface area (Å²) in [5, 5.41) is 3.56. The molecule has 1 N–H and O–H groups in total. The third-order valence-corrected chi connectivity index (χ3v) is 3.93. The summed E-state index contributed by atoms with van der Waals surface area (Å²) in [6, 6.07) is 10.7. The van der Waals surface area contributed by atoms with Crippen molar-refractivity contribution in [3.8, 4) is 5.75 Å². The normalized spacial score (nSPS) is 12.1. The van der Waals surface area contributed by atoms with Crippen LogP contribution in [0.3, 0.4) is 0 Å². The molecule has 0 amide bonds. The molecule has 0 fully saturated rings. The minimum Gasteiger partial charge on any atom is -0.496 e. The number of ether oxygens (including phenoxy) is 1. The predicted molar refractivity (Wildman–Crippen MR) is 89.8 cm³/mol. The molecule has 1 unspecified atom stereocenters. The van der Waals surface area contributed by atoms with E-state index in [0.717, 1.165) is 29.6 Å². The number of hydrogen-bond donors (Lipinski definition) is 1. The van der Waals surface area contributed by atoms with Crippen molar-refractivity contribution in [3.05, 3.63) is 58.3 Å². The Bertz CT molecular complexity index is 560. The summed E-state index contributed by atoms with van der Waals surface area (Å²) < 4.78 is 6.55. The van der Waals surface area contributed by atoms with Crippen LogP contribution in [0, 0.1) is 0 Å². The molecule has 2 aromatic rings. The number of aromatic nitrogens is 1. The van der Waals surface area contributed by atoms with Crippen molar-refractivity contribution in [2.75, 3.05) is 13.7 Å². The Labute approximate surface area is 134 Å². The third-order valence-electron chi connectivity index (χ3n) is 3.43. The Morgan fingerprint density at radius 2 is 1.95 bits per heavy atom. The summed E-state index contributed by atoms with van der Waals surface area (Å²) in [5.41, 5.74) is 2.51. The number of benzene rings is 1. The van der Waals surface area contributed by atoms with Gasteiger partial charge in [-0.1, -0.05) is 22.9 Å². The first-order chi connectivity index (χ1) is 10.2. The summed E-state index contributed by atoms with van der Waals surface area (Å²) >= 11 is 3.54. The quantitative estimate of drug-likeness (QED) is 0.829. The van der Waals surface area contributed by atoms with Crippen LogP contribution < -0.4 is 10.1 Å². The Morgan fingerprint density at radius 3 is 2.62 bits per heavy atom. The van der Waals surface area contributed by atoms with Gasteiger partial charge in [0, 0.05) is 22.9 Å². The van der Waals surface area contributed by atoms with Gasteiger partial charge in [-0.3, -0.25) is 4.98 Å². The van der Waals surface area contributed by atoms with Crippen LogP contribution in [-0.2, 0) is 12.8 Å². The van der Waals surface area contributed by atoms with Gasteiger partial charge in [-0.05, 0) is 60.8 Å². The second-order valence-electron chi connectivity index (χ2n) is 4.97. The van der Waals surface area contributed by atoms with E-state index in [4.69, 9.17) is 4.74 Å². The summed E-state index contributed by atoms with van der Waals surface area (Å²) in [6.45, 7) is 3.09. The lowest BCUT2D eigenvalue weighted by molar-refractivity contribution is 0.404. The number of hydrogen-bond acceptors (Lipinski definition) is 3. The minimum atomic E-state index is 0.376. The van der Waals surface area contributed by atoms with Crippen molar-refractivity contribution in [3.63, 3.8) is 0 Å². The molecule has 1 aromatic carbocycles. The smallest absolute Gasteiger partial charge is 0.122 e. The summed E-state index contributed by atoms with van der Waals surface area (Å²) in [7, 11) is 1.72. The molecule has 0 aliphatic heterocycles. The van der Waals surface area contributed by atoms with Gasteiger partial charge in [0.2, 0.25) is 0 Å². The van der Waals surface area contributed by atoms with Gasteiger partial charge in [0.15, 0.2) is 0 Å². The number of nitrogens with zero attached hydrogens (tertiary/aromatic N) is 1. The van der Waals surface area contributed by atoms with E-state index in [1.807, 2.05) is 24.5 Å². The van der Waals surface area contributed by atoms with Gasteiger partial charge in [-0.2, -0.15) is 0 Å². The maximum atomic E-state index is 5.47. The van der Waals surface area contributed by atoms with Crippen LogP contribution in [0.4, 0.5) is 0 Å². The maximum Gasteiger partial charge on any atom is 0.122 e. The van der Waals surface area contributed by atoms with E-state index in [1.54, 1.807) is 7.11 Å². The Morgan fingerprint density at radius 1 is 1.19 bits per heavy atom. The van der Waals surface area contributed by atoms with Gasteiger partial charge in [0.1, 0.15) is 5.75 Å². The van der Waals surface area contributed by atoms with Crippen LogP contribution in [0.1, 0.15) is 18.1 Å². The van der Waals surface area contributed by atoms with E-state index in [1.165, 1.54) is 11.1 Å². The van der Waals surface area contributed by atoms with Crippen molar-refractivity contribution in [1.29, 1.82) is 0 Å². The van der Waals surface area contributed by atoms with Crippen LogP contribution in [-0.4, -0.2) is 24.7 Å². The number of methoxy groups -OCH3 is 1. The van der Waals surface area contributed by atoms with Crippen LogP contribution in [0.25, 0.3) is 0 Å². The lowest BCUT2D eigenvalue weighted by Gasteiger charge is -2.19. The number of nitrogens with one attached hydrogen (secondary N) is 1.